The Balaban J connectivity index is 0.000000469. The van der Waals surface area contributed by atoms with Gasteiger partial charge in [0.1, 0.15) is 5.82 Å². The summed E-state index contributed by atoms with van der Waals surface area (Å²) in [5.41, 5.74) is 1.54. The Morgan fingerprint density at radius 2 is 1.40 bits per heavy atom. The number of piperazine rings is 1. The van der Waals surface area contributed by atoms with Gasteiger partial charge >= 0.3 is 11.9 Å². The number of hydrogen-bond donors (Lipinski definition) is 2. The molecule has 2 aromatic carbocycles. The highest BCUT2D eigenvalue weighted by molar-refractivity contribution is 6.27. The van der Waals surface area contributed by atoms with Crippen molar-refractivity contribution in [3.63, 3.8) is 0 Å². The standard InChI is InChI=1S/C20H23FN2O.C2H2O4/c21-19-11-5-4-10-18(19)20(24)23-15-13-22(14-16-23)12-6-9-17-7-2-1-3-8-17;3-1(4)2(5)6/h1-5,7-8,10-11H,6,9,12-16H2;(H,3,4)(H,5,6). The molecule has 1 heterocycles. The van der Waals surface area contributed by atoms with E-state index in [4.69, 9.17) is 19.8 Å². The largest absolute Gasteiger partial charge is 0.473 e. The Morgan fingerprint density at radius 1 is 0.833 bits per heavy atom. The number of carboxylic acid groups (broad SMARTS) is 2. The number of aliphatic carboxylic acids is 2. The minimum absolute atomic E-state index is 0.176. The summed E-state index contributed by atoms with van der Waals surface area (Å²) in [5.74, 6) is -4.28. The second-order valence-corrected chi connectivity index (χ2v) is 6.81. The van der Waals surface area contributed by atoms with E-state index in [1.807, 2.05) is 6.07 Å². The van der Waals surface area contributed by atoms with Crippen LogP contribution in [0.15, 0.2) is 54.6 Å². The molecular weight excluding hydrogens is 391 g/mol. The van der Waals surface area contributed by atoms with Crippen molar-refractivity contribution in [1.82, 2.24) is 9.80 Å². The Hall–Kier alpha value is -3.26. The topological polar surface area (TPSA) is 98.1 Å². The summed E-state index contributed by atoms with van der Waals surface area (Å²) in [5, 5.41) is 14.8. The van der Waals surface area contributed by atoms with Gasteiger partial charge in [-0.1, -0.05) is 42.5 Å². The van der Waals surface area contributed by atoms with Crippen LogP contribution in [0.25, 0.3) is 0 Å². The number of carbonyl (C=O) groups is 3. The maximum atomic E-state index is 13.7. The zero-order valence-corrected chi connectivity index (χ0v) is 16.5. The van der Waals surface area contributed by atoms with Crippen LogP contribution >= 0.6 is 0 Å². The number of carboxylic acids is 2. The van der Waals surface area contributed by atoms with E-state index in [0.29, 0.717) is 13.1 Å². The first-order chi connectivity index (χ1) is 14.4. The number of nitrogens with zero attached hydrogens (tertiary/aromatic N) is 2. The van der Waals surface area contributed by atoms with Gasteiger partial charge in [0.15, 0.2) is 0 Å². The van der Waals surface area contributed by atoms with Crippen LogP contribution in [-0.4, -0.2) is 70.6 Å². The fourth-order valence-corrected chi connectivity index (χ4v) is 3.13. The average Bonchev–Trinajstić information content (AvgIpc) is 2.75. The van der Waals surface area contributed by atoms with Gasteiger partial charge in [0.25, 0.3) is 5.91 Å². The molecule has 0 radical (unpaired) electrons. The highest BCUT2D eigenvalue weighted by Crippen LogP contribution is 2.13. The van der Waals surface area contributed by atoms with Crippen LogP contribution in [0.5, 0.6) is 0 Å². The number of aryl methyl sites for hydroxylation is 1. The summed E-state index contributed by atoms with van der Waals surface area (Å²) in [7, 11) is 0. The zero-order valence-electron chi connectivity index (χ0n) is 16.5. The van der Waals surface area contributed by atoms with Crippen molar-refractivity contribution in [2.75, 3.05) is 32.7 Å². The normalized spacial score (nSPS) is 13.8. The van der Waals surface area contributed by atoms with E-state index in [9.17, 15) is 9.18 Å². The molecule has 1 aliphatic rings. The predicted octanol–water partition coefficient (Wildman–Crippen LogP) is 2.37. The number of halogens is 1. The quantitative estimate of drug-likeness (QED) is 0.727. The summed E-state index contributed by atoms with van der Waals surface area (Å²) in [6.45, 7) is 4.08. The molecule has 0 aliphatic carbocycles. The maximum absolute atomic E-state index is 13.7. The lowest BCUT2D eigenvalue weighted by Crippen LogP contribution is -2.49. The third kappa shape index (κ3) is 7.29. The van der Waals surface area contributed by atoms with Crippen molar-refractivity contribution in [1.29, 1.82) is 0 Å². The SMILES string of the molecule is O=C(O)C(=O)O.O=C(c1ccccc1F)N1CCN(CCCc2ccccc2)CC1. The lowest BCUT2D eigenvalue weighted by Gasteiger charge is -2.34. The number of hydrogen-bond acceptors (Lipinski definition) is 4. The molecule has 8 heteroatoms. The van der Waals surface area contributed by atoms with Gasteiger partial charge in [0, 0.05) is 26.2 Å². The minimum Gasteiger partial charge on any atom is -0.473 e. The molecule has 160 valence electrons. The van der Waals surface area contributed by atoms with Crippen molar-refractivity contribution >= 4 is 17.8 Å². The molecule has 1 amide bonds. The van der Waals surface area contributed by atoms with E-state index < -0.39 is 17.8 Å². The monoisotopic (exact) mass is 416 g/mol. The summed E-state index contributed by atoms with van der Waals surface area (Å²) < 4.78 is 13.7. The second kappa shape index (κ2) is 11.7. The molecule has 0 atom stereocenters. The molecule has 2 aromatic rings. The second-order valence-electron chi connectivity index (χ2n) is 6.81. The molecule has 1 aliphatic heterocycles. The predicted molar refractivity (Wildman–Crippen MR) is 109 cm³/mol. The van der Waals surface area contributed by atoms with Crippen molar-refractivity contribution in [2.45, 2.75) is 12.8 Å². The summed E-state index contributed by atoms with van der Waals surface area (Å²) in [6, 6.07) is 16.7. The van der Waals surface area contributed by atoms with Crippen LogP contribution in [0.4, 0.5) is 4.39 Å². The Morgan fingerprint density at radius 3 is 1.97 bits per heavy atom. The van der Waals surface area contributed by atoms with E-state index in [-0.39, 0.29) is 11.5 Å². The molecule has 1 saturated heterocycles. The summed E-state index contributed by atoms with van der Waals surface area (Å²) >= 11 is 0. The lowest BCUT2D eigenvalue weighted by molar-refractivity contribution is -0.159. The van der Waals surface area contributed by atoms with E-state index in [1.54, 1.807) is 23.1 Å². The van der Waals surface area contributed by atoms with Gasteiger partial charge < -0.3 is 15.1 Å². The summed E-state index contributed by atoms with van der Waals surface area (Å²) in [4.78, 5) is 34.7. The first-order valence-corrected chi connectivity index (χ1v) is 9.64. The molecule has 2 N–H and O–H groups in total. The van der Waals surface area contributed by atoms with Gasteiger partial charge in [-0.15, -0.1) is 0 Å². The number of benzene rings is 2. The number of amides is 1. The van der Waals surface area contributed by atoms with Gasteiger partial charge in [-0.25, -0.2) is 14.0 Å². The molecule has 0 aromatic heterocycles. The van der Waals surface area contributed by atoms with E-state index in [2.05, 4.69) is 29.2 Å². The van der Waals surface area contributed by atoms with Crippen LogP contribution in [0.3, 0.4) is 0 Å². The Bertz CT molecular complexity index is 840. The first-order valence-electron chi connectivity index (χ1n) is 9.64. The fourth-order valence-electron chi connectivity index (χ4n) is 3.13. The van der Waals surface area contributed by atoms with Gasteiger partial charge in [0.05, 0.1) is 5.56 Å². The molecule has 3 rings (SSSR count). The van der Waals surface area contributed by atoms with Crippen LogP contribution < -0.4 is 0 Å². The van der Waals surface area contributed by atoms with Crippen molar-refractivity contribution in [3.8, 4) is 0 Å². The molecular formula is C22H25FN2O5. The van der Waals surface area contributed by atoms with E-state index in [1.165, 1.54) is 11.6 Å². The third-order valence-corrected chi connectivity index (χ3v) is 4.73. The fraction of sp³-hybridized carbons (Fsp3) is 0.318. The molecule has 0 saturated carbocycles. The molecule has 0 spiro atoms. The average molecular weight is 416 g/mol. The number of carbonyl (C=O) groups excluding carboxylic acids is 1. The van der Waals surface area contributed by atoms with Crippen molar-refractivity contribution in [2.24, 2.45) is 0 Å². The van der Waals surface area contributed by atoms with Crippen LogP contribution in [0, 0.1) is 5.82 Å². The van der Waals surface area contributed by atoms with Crippen LogP contribution in [-0.2, 0) is 16.0 Å². The highest BCUT2D eigenvalue weighted by atomic mass is 19.1. The number of rotatable bonds is 5. The highest BCUT2D eigenvalue weighted by Gasteiger charge is 2.23. The van der Waals surface area contributed by atoms with E-state index in [0.717, 1.165) is 32.5 Å². The van der Waals surface area contributed by atoms with Crippen molar-refractivity contribution < 1.29 is 29.0 Å². The smallest absolute Gasteiger partial charge is 0.414 e. The van der Waals surface area contributed by atoms with Gasteiger partial charge in [-0.3, -0.25) is 9.69 Å². The molecule has 7 nitrogen and oxygen atoms in total. The van der Waals surface area contributed by atoms with Gasteiger partial charge in [-0.2, -0.15) is 0 Å². The maximum Gasteiger partial charge on any atom is 0.414 e. The molecule has 0 bridgehead atoms. The lowest BCUT2D eigenvalue weighted by atomic mass is 10.1. The molecule has 1 fully saturated rings. The first kappa shape index (κ1) is 23.0. The van der Waals surface area contributed by atoms with Gasteiger partial charge in [-0.05, 0) is 37.1 Å². The van der Waals surface area contributed by atoms with Crippen LogP contribution in [0.2, 0.25) is 0 Å². The zero-order chi connectivity index (χ0) is 21.9. The Kier molecular flexibility index (Phi) is 8.96. The molecule has 0 unspecified atom stereocenters. The molecule has 30 heavy (non-hydrogen) atoms. The van der Waals surface area contributed by atoms with Crippen molar-refractivity contribution in [3.05, 3.63) is 71.5 Å². The van der Waals surface area contributed by atoms with Gasteiger partial charge in [0.2, 0.25) is 0 Å². The minimum atomic E-state index is -1.82. The third-order valence-electron chi connectivity index (χ3n) is 4.73. The summed E-state index contributed by atoms with van der Waals surface area (Å²) in [6.07, 6.45) is 2.19. The van der Waals surface area contributed by atoms with Crippen LogP contribution in [0.1, 0.15) is 22.3 Å². The van der Waals surface area contributed by atoms with E-state index >= 15 is 0 Å². The Labute approximate surface area is 174 Å².